The number of aliphatic hydroxyl groups is 2. The van der Waals surface area contributed by atoms with Gasteiger partial charge in [-0.25, -0.2) is 0 Å². The summed E-state index contributed by atoms with van der Waals surface area (Å²) >= 11 is 0. The van der Waals surface area contributed by atoms with Crippen molar-refractivity contribution < 1.29 is 10.2 Å². The second kappa shape index (κ2) is 6.51. The molecule has 3 nitrogen and oxygen atoms in total. The van der Waals surface area contributed by atoms with Crippen molar-refractivity contribution in [3.63, 3.8) is 0 Å². The summed E-state index contributed by atoms with van der Waals surface area (Å²) in [5.41, 5.74) is 5.82. The van der Waals surface area contributed by atoms with E-state index in [1.165, 1.54) is 38.6 Å². The van der Waals surface area contributed by atoms with Crippen LogP contribution in [0.4, 0.5) is 0 Å². The lowest BCUT2D eigenvalue weighted by atomic mass is 9.91. The molecule has 0 spiro atoms. The van der Waals surface area contributed by atoms with Crippen LogP contribution in [0.15, 0.2) is 54.6 Å². The highest BCUT2D eigenvalue weighted by molar-refractivity contribution is 5.96. The van der Waals surface area contributed by atoms with Gasteiger partial charge in [0.25, 0.3) is 0 Å². The molecule has 3 aromatic rings. The molecule has 0 fully saturated rings. The largest absolute Gasteiger partial charge is 0.394 e. The summed E-state index contributed by atoms with van der Waals surface area (Å²) < 4.78 is 0. The van der Waals surface area contributed by atoms with Crippen molar-refractivity contribution in [1.82, 2.24) is 5.32 Å². The van der Waals surface area contributed by atoms with E-state index in [1.807, 2.05) is 6.92 Å². The van der Waals surface area contributed by atoms with E-state index < -0.39 is 11.6 Å². The lowest BCUT2D eigenvalue weighted by Crippen LogP contribution is -2.53. The molecule has 134 valence electrons. The smallest absolute Gasteiger partial charge is 0.0713 e. The van der Waals surface area contributed by atoms with Crippen molar-refractivity contribution in [3.05, 3.63) is 71.3 Å². The third-order valence-corrected chi connectivity index (χ3v) is 5.83. The quantitative estimate of drug-likeness (QED) is 0.517. The zero-order chi connectivity index (χ0) is 18.3. The number of benzene rings is 3. The van der Waals surface area contributed by atoms with Crippen LogP contribution in [0.2, 0.25) is 0 Å². The normalized spacial score (nSPS) is 16.2. The molecule has 26 heavy (non-hydrogen) atoms. The Bertz CT molecular complexity index is 964. The summed E-state index contributed by atoms with van der Waals surface area (Å²) in [7, 11) is 0. The summed E-state index contributed by atoms with van der Waals surface area (Å²) in [5, 5.41) is 25.7. The molecule has 1 aliphatic rings. The maximum absolute atomic E-state index is 10.1. The zero-order valence-electron chi connectivity index (χ0n) is 15.3. The number of fused-ring (bicyclic) bond motifs is 4. The second-order valence-corrected chi connectivity index (χ2v) is 7.55. The molecular formula is C23H25NO2. The predicted octanol–water partition coefficient (Wildman–Crippen LogP) is 3.63. The maximum atomic E-state index is 10.1. The van der Waals surface area contributed by atoms with Crippen molar-refractivity contribution in [1.29, 1.82) is 0 Å². The van der Waals surface area contributed by atoms with Crippen LogP contribution in [-0.4, -0.2) is 28.5 Å². The summed E-state index contributed by atoms with van der Waals surface area (Å²) in [5.74, 6) is 0. The molecule has 0 bridgehead atoms. The first-order chi connectivity index (χ1) is 12.5. The lowest BCUT2D eigenvalue weighted by Gasteiger charge is -2.32. The van der Waals surface area contributed by atoms with Crippen LogP contribution < -0.4 is 5.32 Å². The van der Waals surface area contributed by atoms with Gasteiger partial charge in [0.15, 0.2) is 0 Å². The Morgan fingerprint density at radius 3 is 2.58 bits per heavy atom. The van der Waals surface area contributed by atoms with Gasteiger partial charge in [-0.2, -0.15) is 0 Å². The van der Waals surface area contributed by atoms with Gasteiger partial charge in [-0.05, 0) is 58.9 Å². The number of hydrogen-bond donors (Lipinski definition) is 3. The minimum atomic E-state index is -0.734. The Hall–Kier alpha value is -2.20. The molecule has 0 aliphatic heterocycles. The first-order valence-electron chi connectivity index (χ1n) is 9.19. The van der Waals surface area contributed by atoms with Crippen LogP contribution in [0.3, 0.4) is 0 Å². The average Bonchev–Trinajstić information content (AvgIpc) is 3.02. The van der Waals surface area contributed by atoms with E-state index in [4.69, 9.17) is 0 Å². The van der Waals surface area contributed by atoms with Crippen LogP contribution in [0.1, 0.15) is 30.5 Å². The molecule has 3 N–H and O–H groups in total. The number of rotatable bonds is 5. The highest BCUT2D eigenvalue weighted by Crippen LogP contribution is 2.42. The third kappa shape index (κ3) is 2.73. The van der Waals surface area contributed by atoms with Crippen LogP contribution in [0, 0.1) is 0 Å². The Morgan fingerprint density at radius 1 is 1.08 bits per heavy atom. The average molecular weight is 347 g/mol. The van der Waals surface area contributed by atoms with E-state index in [0.29, 0.717) is 6.54 Å². The molecule has 3 aromatic carbocycles. The fraction of sp³-hybridized carbons (Fsp3) is 0.304. The summed E-state index contributed by atoms with van der Waals surface area (Å²) in [4.78, 5) is 0. The van der Waals surface area contributed by atoms with Gasteiger partial charge in [0.05, 0.1) is 18.2 Å². The van der Waals surface area contributed by atoms with Crippen LogP contribution >= 0.6 is 0 Å². The van der Waals surface area contributed by atoms with Gasteiger partial charge < -0.3 is 15.5 Å². The minimum Gasteiger partial charge on any atom is -0.394 e. The van der Waals surface area contributed by atoms with Crippen molar-refractivity contribution in [2.45, 2.75) is 38.5 Å². The topological polar surface area (TPSA) is 52.5 Å². The second-order valence-electron chi connectivity index (χ2n) is 7.55. The van der Waals surface area contributed by atoms with E-state index in [-0.39, 0.29) is 6.61 Å². The Balaban J connectivity index is 1.86. The van der Waals surface area contributed by atoms with E-state index in [2.05, 4.69) is 59.9 Å². The Kier molecular flexibility index (Phi) is 4.31. The van der Waals surface area contributed by atoms with Gasteiger partial charge in [0.1, 0.15) is 0 Å². The van der Waals surface area contributed by atoms with Crippen LogP contribution in [0.5, 0.6) is 0 Å². The van der Waals surface area contributed by atoms with Crippen LogP contribution in [0.25, 0.3) is 21.9 Å². The van der Waals surface area contributed by atoms with Crippen molar-refractivity contribution in [2.75, 3.05) is 6.61 Å². The van der Waals surface area contributed by atoms with Crippen molar-refractivity contribution in [2.24, 2.45) is 0 Å². The highest BCUT2D eigenvalue weighted by atomic mass is 16.3. The molecule has 0 aromatic heterocycles. The fourth-order valence-electron chi connectivity index (χ4n) is 3.89. The lowest BCUT2D eigenvalue weighted by molar-refractivity contribution is 0.0405. The van der Waals surface area contributed by atoms with Crippen molar-refractivity contribution >= 4 is 10.8 Å². The SMILES string of the molecule is C[C@H](O)[C@@](C)(CO)NCc1c2c(cc3ccccc13)Cc1ccccc1-2. The first kappa shape index (κ1) is 17.2. The number of nitrogens with one attached hydrogen (secondary N) is 1. The molecule has 4 rings (SSSR count). The molecule has 2 atom stereocenters. The van der Waals surface area contributed by atoms with Gasteiger partial charge in [-0.15, -0.1) is 0 Å². The predicted molar refractivity (Wildman–Crippen MR) is 106 cm³/mol. The molecule has 0 saturated carbocycles. The van der Waals surface area contributed by atoms with E-state index in [9.17, 15) is 10.2 Å². The van der Waals surface area contributed by atoms with Gasteiger partial charge in [0, 0.05) is 6.54 Å². The maximum Gasteiger partial charge on any atom is 0.0713 e. The Labute approximate surface area is 154 Å². The molecule has 3 heteroatoms. The van der Waals surface area contributed by atoms with Gasteiger partial charge in [0.2, 0.25) is 0 Å². The van der Waals surface area contributed by atoms with Gasteiger partial charge >= 0.3 is 0 Å². The summed E-state index contributed by atoms with van der Waals surface area (Å²) in [6.45, 7) is 4.05. The highest BCUT2D eigenvalue weighted by Gasteiger charge is 2.30. The summed E-state index contributed by atoms with van der Waals surface area (Å²) in [6.07, 6.45) is 0.305. The summed E-state index contributed by atoms with van der Waals surface area (Å²) in [6, 6.07) is 19.3. The van der Waals surface area contributed by atoms with E-state index in [1.54, 1.807) is 6.92 Å². The van der Waals surface area contributed by atoms with E-state index >= 15 is 0 Å². The molecule has 0 amide bonds. The minimum absolute atomic E-state index is 0.117. The number of hydrogen-bond acceptors (Lipinski definition) is 3. The standard InChI is InChI=1S/C23H25NO2/c1-15(26)23(2,14-25)24-13-21-19-9-5-3-7-16(19)11-18-12-17-8-4-6-10-20(17)22(18)21/h3-11,15,24-26H,12-14H2,1-2H3/t15-,23+/m0/s1. The van der Waals surface area contributed by atoms with E-state index in [0.717, 1.165) is 6.42 Å². The molecular weight excluding hydrogens is 322 g/mol. The van der Waals surface area contributed by atoms with Gasteiger partial charge in [-0.1, -0.05) is 54.6 Å². The molecule has 0 saturated heterocycles. The van der Waals surface area contributed by atoms with Crippen LogP contribution in [-0.2, 0) is 13.0 Å². The molecule has 0 heterocycles. The third-order valence-electron chi connectivity index (χ3n) is 5.83. The molecule has 1 aliphatic carbocycles. The zero-order valence-corrected chi connectivity index (χ0v) is 15.3. The monoisotopic (exact) mass is 347 g/mol. The Morgan fingerprint density at radius 2 is 1.81 bits per heavy atom. The first-order valence-corrected chi connectivity index (χ1v) is 9.19. The molecule has 0 radical (unpaired) electrons. The molecule has 0 unspecified atom stereocenters. The fourth-order valence-corrected chi connectivity index (χ4v) is 3.89. The number of aliphatic hydroxyl groups excluding tert-OH is 2. The van der Waals surface area contributed by atoms with Crippen molar-refractivity contribution in [3.8, 4) is 11.1 Å². The van der Waals surface area contributed by atoms with Gasteiger partial charge in [-0.3, -0.25) is 0 Å².